The van der Waals surface area contributed by atoms with Crippen molar-refractivity contribution in [3.63, 3.8) is 0 Å². The van der Waals surface area contributed by atoms with Crippen LogP contribution in [-0.4, -0.2) is 5.11 Å². The van der Waals surface area contributed by atoms with Crippen LogP contribution >= 0.6 is 11.3 Å². The molecule has 2 aromatic rings. The first kappa shape index (κ1) is 12.8. The van der Waals surface area contributed by atoms with Crippen LogP contribution in [0.3, 0.4) is 0 Å². The van der Waals surface area contributed by atoms with Crippen LogP contribution in [0.5, 0.6) is 0 Å². The van der Waals surface area contributed by atoms with Crippen molar-refractivity contribution >= 4 is 11.3 Å². The highest BCUT2D eigenvalue weighted by Crippen LogP contribution is 2.27. The molecule has 18 heavy (non-hydrogen) atoms. The first-order valence-electron chi connectivity index (χ1n) is 5.87. The van der Waals surface area contributed by atoms with Gasteiger partial charge in [-0.2, -0.15) is 5.26 Å². The molecule has 1 atom stereocenters. The summed E-state index contributed by atoms with van der Waals surface area (Å²) < 4.78 is 0. The Morgan fingerprint density at radius 2 is 2.00 bits per heavy atom. The molecule has 0 saturated heterocycles. The monoisotopic (exact) mass is 257 g/mol. The molecule has 1 unspecified atom stereocenters. The molecule has 0 fully saturated rings. The second kappa shape index (κ2) is 5.34. The van der Waals surface area contributed by atoms with Crippen molar-refractivity contribution in [2.75, 3.05) is 0 Å². The summed E-state index contributed by atoms with van der Waals surface area (Å²) in [4.78, 5) is 1.28. The topological polar surface area (TPSA) is 44.0 Å². The van der Waals surface area contributed by atoms with Gasteiger partial charge in [0.15, 0.2) is 0 Å². The fourth-order valence-corrected chi connectivity index (χ4v) is 2.58. The van der Waals surface area contributed by atoms with E-state index in [2.05, 4.69) is 12.1 Å². The molecule has 0 saturated carbocycles. The third kappa shape index (κ3) is 2.98. The molecule has 0 spiro atoms. The molecular weight excluding hydrogens is 242 g/mol. The van der Waals surface area contributed by atoms with Crippen LogP contribution < -0.4 is 0 Å². The Hall–Kier alpha value is -1.63. The van der Waals surface area contributed by atoms with Crippen molar-refractivity contribution in [1.82, 2.24) is 0 Å². The number of aliphatic hydroxyl groups is 1. The molecule has 2 nitrogen and oxygen atoms in total. The summed E-state index contributed by atoms with van der Waals surface area (Å²) in [6.45, 7) is 1.82. The normalized spacial score (nSPS) is 13.8. The number of aryl methyl sites for hydroxylation is 1. The van der Waals surface area contributed by atoms with Crippen molar-refractivity contribution < 1.29 is 5.11 Å². The molecule has 0 bridgehead atoms. The highest BCUT2D eigenvalue weighted by atomic mass is 32.1. The van der Waals surface area contributed by atoms with E-state index in [1.807, 2.05) is 30.5 Å². The first-order valence-corrected chi connectivity index (χ1v) is 6.75. The first-order chi connectivity index (χ1) is 8.62. The number of hydrogen-bond acceptors (Lipinski definition) is 3. The Bertz CT molecular complexity index is 535. The van der Waals surface area contributed by atoms with E-state index in [1.165, 1.54) is 4.88 Å². The van der Waals surface area contributed by atoms with Gasteiger partial charge in [0, 0.05) is 4.88 Å². The Morgan fingerprint density at radius 1 is 1.28 bits per heavy atom. The van der Waals surface area contributed by atoms with Gasteiger partial charge in [-0.25, -0.2) is 0 Å². The van der Waals surface area contributed by atoms with Gasteiger partial charge in [-0.05, 0) is 48.9 Å². The molecule has 0 aliphatic carbocycles. The van der Waals surface area contributed by atoms with Gasteiger partial charge in [-0.3, -0.25) is 0 Å². The summed E-state index contributed by atoms with van der Waals surface area (Å²) in [5, 5.41) is 21.3. The fourth-order valence-electron chi connectivity index (χ4n) is 1.87. The molecule has 2 rings (SSSR count). The van der Waals surface area contributed by atoms with Crippen LogP contribution in [0.1, 0.15) is 29.3 Å². The maximum atomic E-state index is 10.5. The van der Waals surface area contributed by atoms with Crippen LogP contribution in [0, 0.1) is 11.3 Å². The summed E-state index contributed by atoms with van der Waals surface area (Å²) in [5.41, 5.74) is 0.628. The smallest absolute Gasteiger partial charge is 0.0991 e. The van der Waals surface area contributed by atoms with E-state index in [1.54, 1.807) is 23.5 Å². The van der Waals surface area contributed by atoms with E-state index in [4.69, 9.17) is 5.26 Å². The molecule has 0 aliphatic rings. The predicted octanol–water partition coefficient (Wildman–Crippen LogP) is 3.46. The zero-order valence-corrected chi connectivity index (χ0v) is 11.1. The number of thiophene rings is 1. The molecule has 1 aromatic heterocycles. The maximum Gasteiger partial charge on any atom is 0.0991 e. The molecular formula is C15H15NOS. The SMILES string of the molecule is CC(O)(CCc1cccs1)c1ccc(C#N)cc1. The van der Waals surface area contributed by atoms with E-state index in [0.29, 0.717) is 12.0 Å². The number of benzene rings is 1. The molecule has 92 valence electrons. The van der Waals surface area contributed by atoms with Crippen LogP contribution in [-0.2, 0) is 12.0 Å². The van der Waals surface area contributed by atoms with E-state index in [-0.39, 0.29) is 0 Å². The minimum absolute atomic E-state index is 0.618. The third-order valence-electron chi connectivity index (χ3n) is 3.07. The summed E-state index contributed by atoms with van der Waals surface area (Å²) in [7, 11) is 0. The van der Waals surface area contributed by atoms with Crippen molar-refractivity contribution in [2.45, 2.75) is 25.4 Å². The minimum atomic E-state index is -0.849. The number of nitriles is 1. The quantitative estimate of drug-likeness (QED) is 0.911. The van der Waals surface area contributed by atoms with Gasteiger partial charge in [0.25, 0.3) is 0 Å². The van der Waals surface area contributed by atoms with E-state index < -0.39 is 5.60 Å². The van der Waals surface area contributed by atoms with E-state index in [9.17, 15) is 5.11 Å². The molecule has 1 N–H and O–H groups in total. The second-order valence-electron chi connectivity index (χ2n) is 4.54. The molecule has 0 amide bonds. The molecule has 0 radical (unpaired) electrons. The molecule has 0 aliphatic heterocycles. The molecule has 1 heterocycles. The summed E-state index contributed by atoms with van der Waals surface area (Å²) in [6, 6.07) is 13.3. The highest BCUT2D eigenvalue weighted by Gasteiger charge is 2.22. The van der Waals surface area contributed by atoms with Crippen molar-refractivity contribution in [3.05, 3.63) is 57.8 Å². The van der Waals surface area contributed by atoms with Crippen LogP contribution in [0.15, 0.2) is 41.8 Å². The van der Waals surface area contributed by atoms with Gasteiger partial charge in [0.05, 0.1) is 17.2 Å². The average molecular weight is 257 g/mol. The second-order valence-corrected chi connectivity index (χ2v) is 5.57. The Labute approximate surface area is 111 Å². The van der Waals surface area contributed by atoms with Crippen molar-refractivity contribution in [1.29, 1.82) is 5.26 Å². The minimum Gasteiger partial charge on any atom is -0.385 e. The predicted molar refractivity (Wildman–Crippen MR) is 73.4 cm³/mol. The zero-order chi connectivity index (χ0) is 13.0. The number of rotatable bonds is 4. The zero-order valence-electron chi connectivity index (χ0n) is 10.3. The molecule has 1 aromatic carbocycles. The fraction of sp³-hybridized carbons (Fsp3) is 0.267. The van der Waals surface area contributed by atoms with Gasteiger partial charge in [-0.1, -0.05) is 18.2 Å². The van der Waals surface area contributed by atoms with Crippen molar-refractivity contribution in [2.24, 2.45) is 0 Å². The third-order valence-corrected chi connectivity index (χ3v) is 4.01. The summed E-state index contributed by atoms with van der Waals surface area (Å²) in [5.74, 6) is 0. The Kier molecular flexibility index (Phi) is 3.81. The lowest BCUT2D eigenvalue weighted by Gasteiger charge is -2.23. The Balaban J connectivity index is 2.07. The van der Waals surface area contributed by atoms with Gasteiger partial charge >= 0.3 is 0 Å². The number of nitrogens with zero attached hydrogens (tertiary/aromatic N) is 1. The molecule has 3 heteroatoms. The van der Waals surface area contributed by atoms with Crippen LogP contribution in [0.4, 0.5) is 0 Å². The summed E-state index contributed by atoms with van der Waals surface area (Å²) >= 11 is 1.71. The van der Waals surface area contributed by atoms with Gasteiger partial charge in [-0.15, -0.1) is 11.3 Å². The van der Waals surface area contributed by atoms with Gasteiger partial charge in [0.1, 0.15) is 0 Å². The van der Waals surface area contributed by atoms with Gasteiger partial charge in [0.2, 0.25) is 0 Å². The standard InChI is InChI=1S/C15H15NOS/c1-15(17,9-8-14-3-2-10-18-14)13-6-4-12(11-16)5-7-13/h2-7,10,17H,8-9H2,1H3. The van der Waals surface area contributed by atoms with Crippen LogP contribution in [0.25, 0.3) is 0 Å². The lowest BCUT2D eigenvalue weighted by Crippen LogP contribution is -2.21. The van der Waals surface area contributed by atoms with Crippen molar-refractivity contribution in [3.8, 4) is 6.07 Å². The summed E-state index contributed by atoms with van der Waals surface area (Å²) in [6.07, 6.45) is 1.55. The van der Waals surface area contributed by atoms with E-state index in [0.717, 1.165) is 12.0 Å². The largest absolute Gasteiger partial charge is 0.385 e. The maximum absolute atomic E-state index is 10.5. The van der Waals surface area contributed by atoms with E-state index >= 15 is 0 Å². The average Bonchev–Trinajstić information content (AvgIpc) is 2.90. The lowest BCUT2D eigenvalue weighted by atomic mass is 9.90. The Morgan fingerprint density at radius 3 is 2.56 bits per heavy atom. The van der Waals surface area contributed by atoms with Gasteiger partial charge < -0.3 is 5.11 Å². The lowest BCUT2D eigenvalue weighted by molar-refractivity contribution is 0.0483. The highest BCUT2D eigenvalue weighted by molar-refractivity contribution is 7.09. The van der Waals surface area contributed by atoms with Crippen LogP contribution in [0.2, 0.25) is 0 Å². The number of hydrogen-bond donors (Lipinski definition) is 1.